The monoisotopic (exact) mass is 338 g/mol. The van der Waals surface area contributed by atoms with Gasteiger partial charge in [0.05, 0.1) is 19.3 Å². The summed E-state index contributed by atoms with van der Waals surface area (Å²) in [6, 6.07) is 0. The maximum absolute atomic E-state index is 13.1. The van der Waals surface area contributed by atoms with Gasteiger partial charge in [-0.2, -0.15) is 5.10 Å². The molecule has 0 bridgehead atoms. The second kappa shape index (κ2) is 5.51. The molecule has 132 valence electrons. The van der Waals surface area contributed by atoms with Crippen molar-refractivity contribution in [1.29, 1.82) is 0 Å². The summed E-state index contributed by atoms with van der Waals surface area (Å²) in [6.45, 7) is 1.92. The van der Waals surface area contributed by atoms with Gasteiger partial charge in [0.25, 0.3) is 5.92 Å². The Morgan fingerprint density at radius 3 is 2.79 bits per heavy atom. The van der Waals surface area contributed by atoms with Crippen LogP contribution in [0.5, 0.6) is 0 Å². The molecule has 2 atom stereocenters. The van der Waals surface area contributed by atoms with Crippen LogP contribution in [0.15, 0.2) is 12.4 Å². The number of aryl methyl sites for hydroxylation is 1. The number of carbonyl (C=O) groups excluding carboxylic acids is 1. The quantitative estimate of drug-likeness (QED) is 0.845. The maximum atomic E-state index is 13.1. The van der Waals surface area contributed by atoms with E-state index in [1.807, 2.05) is 19.4 Å². The molecular formula is C17H24F2N4O. The Balaban J connectivity index is 1.41. The third-order valence-electron chi connectivity index (χ3n) is 5.99. The zero-order chi connectivity index (χ0) is 16.9. The predicted molar refractivity (Wildman–Crippen MR) is 84.4 cm³/mol. The molecule has 3 aliphatic rings. The van der Waals surface area contributed by atoms with Gasteiger partial charge in [-0.15, -0.1) is 0 Å². The van der Waals surface area contributed by atoms with Gasteiger partial charge < -0.3 is 4.90 Å². The second-order valence-corrected chi connectivity index (χ2v) is 7.84. The van der Waals surface area contributed by atoms with Gasteiger partial charge in [0.15, 0.2) is 0 Å². The Kier molecular flexibility index (Phi) is 3.67. The van der Waals surface area contributed by atoms with Gasteiger partial charge in [0.1, 0.15) is 0 Å². The van der Waals surface area contributed by atoms with E-state index in [0.29, 0.717) is 0 Å². The molecule has 0 radical (unpaired) electrons. The first kappa shape index (κ1) is 16.0. The van der Waals surface area contributed by atoms with Crippen molar-refractivity contribution in [2.45, 2.75) is 38.2 Å². The third kappa shape index (κ3) is 2.72. The summed E-state index contributed by atoms with van der Waals surface area (Å²) in [6.07, 6.45) is 7.81. The van der Waals surface area contributed by atoms with E-state index in [9.17, 15) is 13.6 Å². The van der Waals surface area contributed by atoms with Crippen LogP contribution in [0.25, 0.3) is 0 Å². The van der Waals surface area contributed by atoms with Crippen molar-refractivity contribution >= 4 is 5.91 Å². The molecule has 1 aromatic heterocycles. The van der Waals surface area contributed by atoms with E-state index in [1.54, 1.807) is 4.68 Å². The number of hydrogen-bond donors (Lipinski definition) is 0. The average Bonchev–Trinajstić information content (AvgIpc) is 3.19. The van der Waals surface area contributed by atoms with Crippen LogP contribution < -0.4 is 0 Å². The van der Waals surface area contributed by atoms with Crippen LogP contribution in [0.1, 0.15) is 31.2 Å². The number of rotatable bonds is 3. The van der Waals surface area contributed by atoms with Crippen molar-refractivity contribution in [1.82, 2.24) is 19.6 Å². The highest BCUT2D eigenvalue weighted by atomic mass is 19.3. The number of amides is 1. The minimum atomic E-state index is -2.68. The Labute approximate surface area is 140 Å². The summed E-state index contributed by atoms with van der Waals surface area (Å²) in [7, 11) is 1.91. The van der Waals surface area contributed by atoms with Crippen LogP contribution >= 0.6 is 0 Å². The van der Waals surface area contributed by atoms with Crippen LogP contribution in [0.4, 0.5) is 8.78 Å². The third-order valence-corrected chi connectivity index (χ3v) is 5.99. The molecule has 5 nitrogen and oxygen atoms in total. The zero-order valence-electron chi connectivity index (χ0n) is 14.0. The van der Waals surface area contributed by atoms with Crippen molar-refractivity contribution < 1.29 is 13.6 Å². The zero-order valence-corrected chi connectivity index (χ0v) is 14.0. The van der Waals surface area contributed by atoms with E-state index in [4.69, 9.17) is 0 Å². The molecule has 0 unspecified atom stereocenters. The molecule has 3 heterocycles. The Bertz CT molecular complexity index is 638. The molecule has 1 aromatic rings. The molecule has 2 saturated heterocycles. The first-order chi connectivity index (χ1) is 11.4. The molecule has 7 heteroatoms. The van der Waals surface area contributed by atoms with E-state index in [0.717, 1.165) is 45.3 Å². The number of likely N-dealkylation sites (tertiary alicyclic amines) is 2. The van der Waals surface area contributed by atoms with Crippen LogP contribution in [0, 0.1) is 11.3 Å². The van der Waals surface area contributed by atoms with Crippen molar-refractivity contribution in [3.63, 3.8) is 0 Å². The van der Waals surface area contributed by atoms with Crippen LogP contribution in [-0.2, 0) is 18.4 Å². The molecule has 1 aliphatic carbocycles. The molecular weight excluding hydrogens is 314 g/mol. The molecule has 0 N–H and O–H groups in total. The van der Waals surface area contributed by atoms with E-state index >= 15 is 0 Å². The van der Waals surface area contributed by atoms with Crippen molar-refractivity contribution in [2.24, 2.45) is 18.4 Å². The number of hydrogen-bond acceptors (Lipinski definition) is 3. The van der Waals surface area contributed by atoms with Gasteiger partial charge in [-0.25, -0.2) is 8.78 Å². The molecule has 1 spiro atoms. The maximum Gasteiger partial charge on any atom is 0.282 e. The molecule has 1 saturated carbocycles. The fourth-order valence-corrected chi connectivity index (χ4v) is 4.83. The number of carbonyl (C=O) groups is 1. The van der Waals surface area contributed by atoms with Crippen molar-refractivity contribution in [3.05, 3.63) is 18.0 Å². The lowest BCUT2D eigenvalue weighted by atomic mass is 9.76. The van der Waals surface area contributed by atoms with Gasteiger partial charge in [0, 0.05) is 37.8 Å². The SMILES string of the molecule is Cn1cc(CN2CC[C@]3(CCC[C@@H]3C(=O)N3CC(F)(F)C3)C2)cn1. The minimum Gasteiger partial charge on any atom is -0.330 e. The van der Waals surface area contributed by atoms with Crippen molar-refractivity contribution in [3.8, 4) is 0 Å². The standard InChI is InChI=1S/C17H24F2N4O/c1-21-8-13(7-20-21)9-22-6-5-16(10-22)4-2-3-14(16)15(24)23-11-17(18,19)12-23/h7-8,14H,2-6,9-12H2,1H3/t14-,16-/m1/s1. The lowest BCUT2D eigenvalue weighted by molar-refractivity contribution is -0.172. The summed E-state index contributed by atoms with van der Waals surface area (Å²) in [4.78, 5) is 16.5. The summed E-state index contributed by atoms with van der Waals surface area (Å²) in [5.74, 6) is -2.79. The van der Waals surface area contributed by atoms with Crippen LogP contribution in [0.3, 0.4) is 0 Å². The average molecular weight is 338 g/mol. The van der Waals surface area contributed by atoms with Gasteiger partial charge in [-0.1, -0.05) is 6.42 Å². The van der Waals surface area contributed by atoms with Gasteiger partial charge >= 0.3 is 0 Å². The number of halogens is 2. The highest BCUT2D eigenvalue weighted by Gasteiger charge is 2.55. The first-order valence-corrected chi connectivity index (χ1v) is 8.73. The lowest BCUT2D eigenvalue weighted by Crippen LogP contribution is -2.60. The highest BCUT2D eigenvalue weighted by Crippen LogP contribution is 2.51. The largest absolute Gasteiger partial charge is 0.330 e. The number of aromatic nitrogens is 2. The van der Waals surface area contributed by atoms with Crippen LogP contribution in [0.2, 0.25) is 0 Å². The van der Waals surface area contributed by atoms with E-state index in [1.165, 1.54) is 10.5 Å². The smallest absolute Gasteiger partial charge is 0.282 e. The number of nitrogens with zero attached hydrogens (tertiary/aromatic N) is 4. The number of alkyl halides is 2. The normalized spacial score (nSPS) is 32.5. The minimum absolute atomic E-state index is 0.00975. The Hall–Kier alpha value is -1.50. The molecule has 2 aliphatic heterocycles. The summed E-state index contributed by atoms with van der Waals surface area (Å²) >= 11 is 0. The summed E-state index contributed by atoms with van der Waals surface area (Å²) < 4.78 is 28.0. The second-order valence-electron chi connectivity index (χ2n) is 7.84. The van der Waals surface area contributed by atoms with E-state index in [-0.39, 0.29) is 17.2 Å². The van der Waals surface area contributed by atoms with E-state index in [2.05, 4.69) is 10.00 Å². The van der Waals surface area contributed by atoms with Gasteiger partial charge in [-0.3, -0.25) is 14.4 Å². The first-order valence-electron chi connectivity index (χ1n) is 8.73. The summed E-state index contributed by atoms with van der Waals surface area (Å²) in [5.41, 5.74) is 1.17. The highest BCUT2D eigenvalue weighted by molar-refractivity contribution is 5.81. The Morgan fingerprint density at radius 2 is 2.12 bits per heavy atom. The van der Waals surface area contributed by atoms with E-state index < -0.39 is 19.0 Å². The molecule has 0 aromatic carbocycles. The molecule has 1 amide bonds. The van der Waals surface area contributed by atoms with Crippen LogP contribution in [-0.4, -0.2) is 57.6 Å². The molecule has 4 rings (SSSR count). The van der Waals surface area contributed by atoms with Gasteiger partial charge in [0.2, 0.25) is 5.91 Å². The molecule has 3 fully saturated rings. The lowest BCUT2D eigenvalue weighted by Gasteiger charge is -2.42. The van der Waals surface area contributed by atoms with Crippen molar-refractivity contribution in [2.75, 3.05) is 26.2 Å². The Morgan fingerprint density at radius 1 is 1.33 bits per heavy atom. The summed E-state index contributed by atoms with van der Waals surface area (Å²) in [5, 5.41) is 4.20. The van der Waals surface area contributed by atoms with Gasteiger partial charge in [-0.05, 0) is 31.2 Å². The topological polar surface area (TPSA) is 41.4 Å². The fraction of sp³-hybridized carbons (Fsp3) is 0.765. The molecule has 24 heavy (non-hydrogen) atoms. The predicted octanol–water partition coefficient (Wildman–Crippen LogP) is 1.89. The fourth-order valence-electron chi connectivity index (χ4n) is 4.83.